The molecule has 0 N–H and O–H groups in total. The number of nitrogens with zero attached hydrogens (tertiary/aromatic N) is 7. The van der Waals surface area contributed by atoms with Crippen LogP contribution in [-0.2, 0) is 6.54 Å². The van der Waals surface area contributed by atoms with E-state index in [1.54, 1.807) is 36.7 Å². The first-order chi connectivity index (χ1) is 16.1. The molecule has 0 amide bonds. The van der Waals surface area contributed by atoms with E-state index in [9.17, 15) is 10.1 Å². The Labute approximate surface area is 193 Å². The van der Waals surface area contributed by atoms with Gasteiger partial charge in [-0.05, 0) is 38.2 Å². The third-order valence-electron chi connectivity index (χ3n) is 5.92. The van der Waals surface area contributed by atoms with Crippen LogP contribution in [0.15, 0.2) is 53.3 Å². The lowest BCUT2D eigenvalue weighted by atomic mass is 10.1. The molecule has 1 aromatic carbocycles. The Morgan fingerprint density at radius 3 is 2.61 bits per heavy atom. The van der Waals surface area contributed by atoms with E-state index in [2.05, 4.69) is 36.7 Å². The number of anilines is 1. The SMILES string of the molecule is CCN(CCCN1CCN(c2ncccn2)CC1)Cc1cc(-c2ccccc2[N+](=O)[O-])no1. The molecule has 0 aliphatic carbocycles. The van der Waals surface area contributed by atoms with Crippen molar-refractivity contribution in [1.82, 2.24) is 24.9 Å². The van der Waals surface area contributed by atoms with E-state index >= 15 is 0 Å². The summed E-state index contributed by atoms with van der Waals surface area (Å²) in [7, 11) is 0. The van der Waals surface area contributed by atoms with Gasteiger partial charge in [0.25, 0.3) is 5.69 Å². The first kappa shape index (κ1) is 22.8. The van der Waals surface area contributed by atoms with Crippen molar-refractivity contribution < 1.29 is 9.45 Å². The number of benzene rings is 1. The molecule has 1 fully saturated rings. The van der Waals surface area contributed by atoms with Crippen LogP contribution >= 0.6 is 0 Å². The fourth-order valence-electron chi connectivity index (χ4n) is 4.08. The smallest absolute Gasteiger partial charge is 0.278 e. The number of nitro benzene ring substituents is 1. The summed E-state index contributed by atoms with van der Waals surface area (Å²) in [6, 6.07) is 10.2. The van der Waals surface area contributed by atoms with Crippen molar-refractivity contribution in [3.05, 3.63) is 64.7 Å². The fraction of sp³-hybridized carbons (Fsp3) is 0.435. The van der Waals surface area contributed by atoms with Gasteiger partial charge in [-0.2, -0.15) is 0 Å². The summed E-state index contributed by atoms with van der Waals surface area (Å²) in [4.78, 5) is 26.6. The molecule has 3 aromatic rings. The number of nitro groups is 1. The van der Waals surface area contributed by atoms with Gasteiger partial charge in [0.15, 0.2) is 5.76 Å². The van der Waals surface area contributed by atoms with E-state index in [0.717, 1.165) is 58.2 Å². The third-order valence-corrected chi connectivity index (χ3v) is 5.92. The summed E-state index contributed by atoms with van der Waals surface area (Å²) >= 11 is 0. The van der Waals surface area contributed by atoms with Crippen molar-refractivity contribution in [3.63, 3.8) is 0 Å². The molecule has 0 unspecified atom stereocenters. The molecular formula is C23H29N7O3. The van der Waals surface area contributed by atoms with Crippen LogP contribution in [0.1, 0.15) is 19.1 Å². The maximum absolute atomic E-state index is 11.3. The van der Waals surface area contributed by atoms with Gasteiger partial charge < -0.3 is 9.42 Å². The van der Waals surface area contributed by atoms with Crippen molar-refractivity contribution in [2.24, 2.45) is 0 Å². The lowest BCUT2D eigenvalue weighted by Gasteiger charge is -2.35. The Bertz CT molecular complexity index is 1040. The van der Waals surface area contributed by atoms with Gasteiger partial charge in [0, 0.05) is 50.7 Å². The van der Waals surface area contributed by atoms with Crippen molar-refractivity contribution in [2.75, 3.05) is 50.7 Å². The molecule has 0 atom stereocenters. The molecular weight excluding hydrogens is 422 g/mol. The largest absolute Gasteiger partial charge is 0.359 e. The normalized spacial score (nSPS) is 14.7. The van der Waals surface area contributed by atoms with E-state index in [4.69, 9.17) is 4.52 Å². The van der Waals surface area contributed by atoms with Crippen LogP contribution in [0.4, 0.5) is 11.6 Å². The lowest BCUT2D eigenvalue weighted by molar-refractivity contribution is -0.384. The molecule has 33 heavy (non-hydrogen) atoms. The molecule has 0 saturated carbocycles. The zero-order valence-corrected chi connectivity index (χ0v) is 18.8. The molecule has 1 saturated heterocycles. The third kappa shape index (κ3) is 5.91. The van der Waals surface area contributed by atoms with Gasteiger partial charge in [-0.15, -0.1) is 0 Å². The summed E-state index contributed by atoms with van der Waals surface area (Å²) in [5.41, 5.74) is 0.998. The fourth-order valence-corrected chi connectivity index (χ4v) is 4.08. The highest BCUT2D eigenvalue weighted by Crippen LogP contribution is 2.29. The molecule has 1 aliphatic rings. The van der Waals surface area contributed by atoms with E-state index in [0.29, 0.717) is 23.6 Å². The maximum Gasteiger partial charge on any atom is 0.278 e. The van der Waals surface area contributed by atoms with Crippen molar-refractivity contribution >= 4 is 11.6 Å². The minimum Gasteiger partial charge on any atom is -0.359 e. The van der Waals surface area contributed by atoms with Crippen molar-refractivity contribution in [1.29, 1.82) is 0 Å². The van der Waals surface area contributed by atoms with Crippen LogP contribution in [0.3, 0.4) is 0 Å². The van der Waals surface area contributed by atoms with Gasteiger partial charge in [0.1, 0.15) is 5.69 Å². The van der Waals surface area contributed by atoms with Crippen molar-refractivity contribution in [3.8, 4) is 11.3 Å². The van der Waals surface area contributed by atoms with E-state index in [1.165, 1.54) is 6.07 Å². The quantitative estimate of drug-likeness (QED) is 0.340. The van der Waals surface area contributed by atoms with Crippen LogP contribution in [-0.4, -0.2) is 75.7 Å². The summed E-state index contributed by atoms with van der Waals surface area (Å²) in [6.45, 7) is 9.51. The van der Waals surface area contributed by atoms with Gasteiger partial charge in [-0.25, -0.2) is 9.97 Å². The molecule has 0 spiro atoms. The molecule has 3 heterocycles. The Kier molecular flexibility index (Phi) is 7.59. The summed E-state index contributed by atoms with van der Waals surface area (Å²) < 4.78 is 5.49. The summed E-state index contributed by atoms with van der Waals surface area (Å²) in [5, 5.41) is 15.4. The van der Waals surface area contributed by atoms with Crippen LogP contribution in [0.25, 0.3) is 11.3 Å². The average molecular weight is 452 g/mol. The number of aromatic nitrogens is 3. The summed E-state index contributed by atoms with van der Waals surface area (Å²) in [5.74, 6) is 1.52. The van der Waals surface area contributed by atoms with Gasteiger partial charge in [0.2, 0.25) is 5.95 Å². The number of hydrogen-bond acceptors (Lipinski definition) is 9. The Morgan fingerprint density at radius 2 is 1.88 bits per heavy atom. The molecule has 4 rings (SSSR count). The second kappa shape index (κ2) is 11.0. The molecule has 1 aliphatic heterocycles. The maximum atomic E-state index is 11.3. The molecule has 2 aromatic heterocycles. The van der Waals surface area contributed by atoms with Gasteiger partial charge in [0.05, 0.1) is 17.0 Å². The number of para-hydroxylation sites is 1. The van der Waals surface area contributed by atoms with Crippen LogP contribution in [0.5, 0.6) is 0 Å². The minimum atomic E-state index is -0.394. The standard InChI is InChI=1S/C23H29N7O3/c1-2-27(11-6-12-28-13-15-29(16-14-28)23-24-9-5-10-25-23)18-19-17-21(26-33-19)20-7-3-4-8-22(20)30(31)32/h3-5,7-10,17H,2,6,11-16,18H2,1H3. The lowest BCUT2D eigenvalue weighted by Crippen LogP contribution is -2.47. The van der Waals surface area contributed by atoms with E-state index in [1.807, 2.05) is 6.07 Å². The predicted molar refractivity (Wildman–Crippen MR) is 125 cm³/mol. The van der Waals surface area contributed by atoms with E-state index < -0.39 is 4.92 Å². The molecule has 0 radical (unpaired) electrons. The average Bonchev–Trinajstić information content (AvgIpc) is 3.33. The van der Waals surface area contributed by atoms with Crippen LogP contribution in [0, 0.1) is 10.1 Å². The first-order valence-electron chi connectivity index (χ1n) is 11.3. The van der Waals surface area contributed by atoms with E-state index in [-0.39, 0.29) is 5.69 Å². The molecule has 0 bridgehead atoms. The second-order valence-electron chi connectivity index (χ2n) is 8.05. The van der Waals surface area contributed by atoms with Gasteiger partial charge in [-0.3, -0.25) is 19.9 Å². The highest BCUT2D eigenvalue weighted by molar-refractivity contribution is 5.70. The highest BCUT2D eigenvalue weighted by Gasteiger charge is 2.20. The Balaban J connectivity index is 1.24. The molecule has 10 heteroatoms. The van der Waals surface area contributed by atoms with Gasteiger partial charge >= 0.3 is 0 Å². The van der Waals surface area contributed by atoms with Crippen LogP contribution < -0.4 is 4.90 Å². The van der Waals surface area contributed by atoms with Crippen LogP contribution in [0.2, 0.25) is 0 Å². The zero-order chi connectivity index (χ0) is 23.0. The zero-order valence-electron chi connectivity index (χ0n) is 18.8. The van der Waals surface area contributed by atoms with Crippen molar-refractivity contribution in [2.45, 2.75) is 19.9 Å². The number of rotatable bonds is 10. The highest BCUT2D eigenvalue weighted by atomic mass is 16.6. The second-order valence-corrected chi connectivity index (χ2v) is 8.05. The predicted octanol–water partition coefficient (Wildman–Crippen LogP) is 3.07. The monoisotopic (exact) mass is 451 g/mol. The first-order valence-corrected chi connectivity index (χ1v) is 11.3. The molecule has 174 valence electrons. The van der Waals surface area contributed by atoms with Gasteiger partial charge in [-0.1, -0.05) is 24.2 Å². The Morgan fingerprint density at radius 1 is 1.12 bits per heavy atom. The minimum absolute atomic E-state index is 0.0311. The topological polar surface area (TPSA) is 105 Å². The molecule has 10 nitrogen and oxygen atoms in total. The Hall–Kier alpha value is -3.37. The number of hydrogen-bond donors (Lipinski definition) is 0. The summed E-state index contributed by atoms with van der Waals surface area (Å²) in [6.07, 6.45) is 4.63. The number of piperazine rings is 1.